The van der Waals surface area contributed by atoms with E-state index in [0.29, 0.717) is 40.9 Å². The van der Waals surface area contributed by atoms with Crippen LogP contribution < -0.4 is 20.3 Å². The first-order valence-electron chi connectivity index (χ1n) is 18.5. The minimum Gasteiger partial charge on any atom is -0.490 e. The van der Waals surface area contributed by atoms with Crippen molar-refractivity contribution in [2.75, 3.05) is 44.2 Å². The van der Waals surface area contributed by atoms with Crippen molar-refractivity contribution < 1.29 is 19.1 Å². The number of hydrogen-bond donors (Lipinski definition) is 2. The molecule has 3 saturated heterocycles. The second-order valence-electron chi connectivity index (χ2n) is 14.4. The Hall–Kier alpha value is -4.57. The van der Waals surface area contributed by atoms with Crippen molar-refractivity contribution >= 4 is 35.1 Å². The second kappa shape index (κ2) is 16.4. The number of aromatic nitrogens is 2. The van der Waals surface area contributed by atoms with Gasteiger partial charge in [-0.25, -0.2) is 0 Å². The Labute approximate surface area is 309 Å². The van der Waals surface area contributed by atoms with Gasteiger partial charge in [0.1, 0.15) is 11.8 Å². The van der Waals surface area contributed by atoms with Gasteiger partial charge in [0.2, 0.25) is 11.8 Å². The molecule has 1 aliphatic carbocycles. The predicted octanol–water partition coefficient (Wildman–Crippen LogP) is 4.43. The number of nitriles is 1. The van der Waals surface area contributed by atoms with E-state index >= 15 is 0 Å². The number of rotatable bonds is 9. The number of amides is 3. The average Bonchev–Trinajstić information content (AvgIpc) is 3.17. The third-order valence-corrected chi connectivity index (χ3v) is 11.3. The van der Waals surface area contributed by atoms with E-state index in [-0.39, 0.29) is 35.8 Å². The Balaban J connectivity index is 0.803. The van der Waals surface area contributed by atoms with Gasteiger partial charge in [0.25, 0.3) is 5.91 Å². The fourth-order valence-corrected chi connectivity index (χ4v) is 8.14. The molecule has 4 fully saturated rings. The molecule has 4 heterocycles. The van der Waals surface area contributed by atoms with Crippen molar-refractivity contribution in [1.82, 2.24) is 30.6 Å². The predicted molar refractivity (Wildman–Crippen MR) is 196 cm³/mol. The van der Waals surface area contributed by atoms with Crippen LogP contribution in [0.1, 0.15) is 84.5 Å². The van der Waals surface area contributed by atoms with Crippen LogP contribution in [-0.4, -0.2) is 95.2 Å². The van der Waals surface area contributed by atoms with Gasteiger partial charge >= 0.3 is 0 Å². The molecule has 1 aromatic heterocycles. The number of nitrogens with zero attached hydrogens (tertiary/aromatic N) is 6. The van der Waals surface area contributed by atoms with E-state index in [1.54, 1.807) is 24.3 Å². The summed E-state index contributed by atoms with van der Waals surface area (Å²) in [6.45, 7) is 6.84. The highest BCUT2D eigenvalue weighted by atomic mass is 35.5. The number of carbonyl (C=O) groups excluding carboxylic acids is 3. The third-order valence-electron chi connectivity index (χ3n) is 11.0. The van der Waals surface area contributed by atoms with Crippen molar-refractivity contribution in [3.8, 4) is 11.8 Å². The minimum absolute atomic E-state index is 0.0370. The average molecular weight is 725 g/mol. The van der Waals surface area contributed by atoms with Gasteiger partial charge in [0.15, 0.2) is 11.5 Å². The molecule has 4 aliphatic rings. The topological polar surface area (TPSA) is 144 Å². The van der Waals surface area contributed by atoms with Crippen molar-refractivity contribution in [2.24, 2.45) is 0 Å². The van der Waals surface area contributed by atoms with Gasteiger partial charge in [0, 0.05) is 70.4 Å². The first kappa shape index (κ1) is 35.8. The van der Waals surface area contributed by atoms with Crippen LogP contribution in [0, 0.1) is 11.3 Å². The Morgan fingerprint density at radius 2 is 1.65 bits per heavy atom. The van der Waals surface area contributed by atoms with E-state index in [2.05, 4.69) is 53.7 Å². The van der Waals surface area contributed by atoms with Crippen LogP contribution in [-0.2, 0) is 16.1 Å². The molecule has 0 spiro atoms. The van der Waals surface area contributed by atoms with Crippen LogP contribution >= 0.6 is 11.6 Å². The SMILES string of the molecule is N#Cc1ccc(OC2CCC(NC(=O)c3ccc(N4CCC(N5CCN(Cc6ccc(C7CCC(=O)NC7=O)cc6)CC5)CC4)nn3)CC2)cc1Cl. The normalized spacial score (nSPS) is 23.5. The Morgan fingerprint density at radius 1 is 0.904 bits per heavy atom. The molecule has 0 bridgehead atoms. The van der Waals surface area contributed by atoms with Gasteiger partial charge in [-0.1, -0.05) is 35.9 Å². The molecule has 52 heavy (non-hydrogen) atoms. The van der Waals surface area contributed by atoms with Crippen molar-refractivity contribution in [1.29, 1.82) is 5.26 Å². The molecule has 2 N–H and O–H groups in total. The maximum absolute atomic E-state index is 13.0. The van der Waals surface area contributed by atoms with E-state index in [4.69, 9.17) is 21.6 Å². The number of imide groups is 1. The molecule has 2 aromatic carbocycles. The highest BCUT2D eigenvalue weighted by molar-refractivity contribution is 6.31. The van der Waals surface area contributed by atoms with Crippen LogP contribution in [0.4, 0.5) is 5.82 Å². The smallest absolute Gasteiger partial charge is 0.272 e. The summed E-state index contributed by atoms with van der Waals surface area (Å²) in [5.74, 6) is 0.641. The molecular formula is C39H45ClN8O4. The van der Waals surface area contributed by atoms with Gasteiger partial charge in [-0.15, -0.1) is 10.2 Å². The molecule has 13 heteroatoms. The quantitative estimate of drug-likeness (QED) is 0.304. The van der Waals surface area contributed by atoms with Crippen molar-refractivity contribution in [3.05, 3.63) is 82.0 Å². The molecular weight excluding hydrogens is 680 g/mol. The molecule has 3 aliphatic heterocycles. The Kier molecular flexibility index (Phi) is 11.3. The monoisotopic (exact) mass is 724 g/mol. The number of anilines is 1. The third kappa shape index (κ3) is 8.72. The van der Waals surface area contributed by atoms with Crippen LogP contribution in [0.2, 0.25) is 5.02 Å². The fraction of sp³-hybridized carbons (Fsp3) is 0.487. The van der Waals surface area contributed by atoms with Crippen molar-refractivity contribution in [3.63, 3.8) is 0 Å². The Bertz CT molecular complexity index is 1780. The number of piperidine rings is 2. The highest BCUT2D eigenvalue weighted by Crippen LogP contribution is 2.29. The molecule has 272 valence electrons. The number of benzene rings is 2. The number of piperazine rings is 1. The van der Waals surface area contributed by atoms with E-state index in [0.717, 1.165) is 95.7 Å². The highest BCUT2D eigenvalue weighted by Gasteiger charge is 2.30. The van der Waals surface area contributed by atoms with Crippen LogP contribution in [0.3, 0.4) is 0 Å². The molecule has 3 aromatic rings. The van der Waals surface area contributed by atoms with E-state index < -0.39 is 0 Å². The summed E-state index contributed by atoms with van der Waals surface area (Å²) >= 11 is 6.14. The van der Waals surface area contributed by atoms with Gasteiger partial charge < -0.3 is 15.0 Å². The van der Waals surface area contributed by atoms with Gasteiger partial charge in [-0.2, -0.15) is 5.26 Å². The summed E-state index contributed by atoms with van der Waals surface area (Å²) in [5, 5.41) is 23.8. The van der Waals surface area contributed by atoms with Crippen LogP contribution in [0.15, 0.2) is 54.6 Å². The second-order valence-corrected chi connectivity index (χ2v) is 14.8. The first-order chi connectivity index (χ1) is 25.3. The maximum atomic E-state index is 13.0. The van der Waals surface area contributed by atoms with Crippen molar-refractivity contribution in [2.45, 2.75) is 82.0 Å². The Morgan fingerprint density at radius 3 is 2.31 bits per heavy atom. The number of ether oxygens (including phenoxy) is 1. The minimum atomic E-state index is -0.243. The zero-order valence-electron chi connectivity index (χ0n) is 29.3. The zero-order valence-corrected chi connectivity index (χ0v) is 30.1. The van der Waals surface area contributed by atoms with E-state index in [1.807, 2.05) is 18.2 Å². The summed E-state index contributed by atoms with van der Waals surface area (Å²) in [6.07, 6.45) is 6.36. The number of halogens is 1. The summed E-state index contributed by atoms with van der Waals surface area (Å²) in [6, 6.07) is 19.8. The molecule has 3 amide bonds. The first-order valence-corrected chi connectivity index (χ1v) is 18.8. The van der Waals surface area contributed by atoms with Gasteiger partial charge in [-0.05, 0) is 80.3 Å². The zero-order chi connectivity index (χ0) is 36.0. The molecule has 12 nitrogen and oxygen atoms in total. The molecule has 1 unspecified atom stereocenters. The summed E-state index contributed by atoms with van der Waals surface area (Å²) in [5.41, 5.74) is 2.97. The van der Waals surface area contributed by atoms with E-state index in [1.165, 1.54) is 5.56 Å². The number of carbonyl (C=O) groups is 3. The van der Waals surface area contributed by atoms with Crippen LogP contribution in [0.25, 0.3) is 0 Å². The summed E-state index contributed by atoms with van der Waals surface area (Å²) in [4.78, 5) is 44.1. The number of nitrogens with one attached hydrogen (secondary N) is 2. The number of hydrogen-bond acceptors (Lipinski definition) is 10. The molecule has 0 radical (unpaired) electrons. The lowest BCUT2D eigenvalue weighted by Gasteiger charge is -2.43. The standard InChI is InChI=1S/C39H45ClN8O4/c40-34-23-32(8-5-28(34)24-41)52-31-9-6-29(7-10-31)42-39(51)35-12-13-36(45-44-35)48-17-15-30(16-18-48)47-21-19-46(20-22-47)25-26-1-3-27(4-2-26)33-11-14-37(49)43-38(33)50/h1-5,8,12-13,23,29-31,33H,6-7,9-11,14-22,25H2,(H,42,51)(H,43,49,50). The molecule has 1 saturated carbocycles. The van der Waals surface area contributed by atoms with Crippen LogP contribution in [0.5, 0.6) is 5.75 Å². The summed E-state index contributed by atoms with van der Waals surface area (Å²) < 4.78 is 6.08. The lowest BCUT2D eigenvalue weighted by molar-refractivity contribution is -0.134. The summed E-state index contributed by atoms with van der Waals surface area (Å²) in [7, 11) is 0. The molecule has 7 rings (SSSR count). The molecule has 1 atom stereocenters. The van der Waals surface area contributed by atoms with Gasteiger partial charge in [-0.3, -0.25) is 29.5 Å². The lowest BCUT2D eigenvalue weighted by Crippen LogP contribution is -2.53. The largest absolute Gasteiger partial charge is 0.490 e. The lowest BCUT2D eigenvalue weighted by atomic mass is 9.90. The van der Waals surface area contributed by atoms with E-state index in [9.17, 15) is 14.4 Å². The van der Waals surface area contributed by atoms with Gasteiger partial charge in [0.05, 0.1) is 22.6 Å². The maximum Gasteiger partial charge on any atom is 0.272 e. The fourth-order valence-electron chi connectivity index (χ4n) is 7.92.